The third-order valence-corrected chi connectivity index (χ3v) is 4.51. The summed E-state index contributed by atoms with van der Waals surface area (Å²) < 4.78 is 20.6. The third kappa shape index (κ3) is 3.32. The van der Waals surface area contributed by atoms with Gasteiger partial charge in [0.2, 0.25) is 5.89 Å². The monoisotopic (exact) mass is 458 g/mol. The van der Waals surface area contributed by atoms with Gasteiger partial charge in [0.15, 0.2) is 5.58 Å². The number of halogens is 2. The summed E-state index contributed by atoms with van der Waals surface area (Å²) in [6, 6.07) is 18.8. The highest BCUT2D eigenvalue weighted by molar-refractivity contribution is 14.1. The largest absolute Gasteiger partial charge is 0.436 e. The molecule has 0 saturated carbocycles. The second kappa shape index (κ2) is 6.87. The van der Waals surface area contributed by atoms with E-state index in [-0.39, 0.29) is 5.56 Å². The zero-order chi connectivity index (χ0) is 18.1. The quantitative estimate of drug-likeness (QED) is 0.413. The highest BCUT2D eigenvalue weighted by atomic mass is 127. The van der Waals surface area contributed by atoms with Crippen LogP contribution >= 0.6 is 22.6 Å². The van der Waals surface area contributed by atoms with Crippen LogP contribution in [-0.4, -0.2) is 10.9 Å². The average molecular weight is 458 g/mol. The molecule has 0 atom stereocenters. The minimum atomic E-state index is -0.562. The van der Waals surface area contributed by atoms with E-state index >= 15 is 0 Å². The maximum atomic E-state index is 13.7. The van der Waals surface area contributed by atoms with Gasteiger partial charge in [-0.15, -0.1) is 0 Å². The van der Waals surface area contributed by atoms with Crippen molar-refractivity contribution in [3.8, 4) is 11.5 Å². The van der Waals surface area contributed by atoms with Crippen LogP contribution in [0.2, 0.25) is 0 Å². The minimum Gasteiger partial charge on any atom is -0.436 e. The molecule has 1 heterocycles. The van der Waals surface area contributed by atoms with Crippen LogP contribution in [0.15, 0.2) is 71.1 Å². The van der Waals surface area contributed by atoms with Crippen molar-refractivity contribution in [1.82, 2.24) is 4.98 Å². The van der Waals surface area contributed by atoms with Gasteiger partial charge in [-0.1, -0.05) is 18.2 Å². The van der Waals surface area contributed by atoms with Crippen molar-refractivity contribution in [2.24, 2.45) is 0 Å². The van der Waals surface area contributed by atoms with Crippen LogP contribution < -0.4 is 5.32 Å². The van der Waals surface area contributed by atoms with Crippen LogP contribution in [0.25, 0.3) is 22.6 Å². The van der Waals surface area contributed by atoms with Crippen molar-refractivity contribution in [3.05, 3.63) is 81.7 Å². The van der Waals surface area contributed by atoms with E-state index < -0.39 is 11.7 Å². The van der Waals surface area contributed by atoms with Gasteiger partial charge in [0.05, 0.1) is 5.56 Å². The van der Waals surface area contributed by atoms with Crippen LogP contribution in [0.1, 0.15) is 10.4 Å². The molecule has 1 N–H and O–H groups in total. The van der Waals surface area contributed by atoms with Crippen molar-refractivity contribution in [1.29, 1.82) is 0 Å². The number of nitrogens with one attached hydrogen (secondary N) is 1. The second-order valence-corrected chi connectivity index (χ2v) is 6.89. The maximum Gasteiger partial charge on any atom is 0.258 e. The Bertz CT molecular complexity index is 1120. The van der Waals surface area contributed by atoms with E-state index in [1.54, 1.807) is 30.3 Å². The molecular formula is C20H12FIN2O2. The molecule has 6 heteroatoms. The summed E-state index contributed by atoms with van der Waals surface area (Å²) in [6.07, 6.45) is 0. The maximum absolute atomic E-state index is 13.7. The lowest BCUT2D eigenvalue weighted by molar-refractivity contribution is 0.102. The molecule has 0 saturated heterocycles. The van der Waals surface area contributed by atoms with Crippen molar-refractivity contribution in [3.63, 3.8) is 0 Å². The zero-order valence-corrected chi connectivity index (χ0v) is 15.5. The molecule has 0 aliphatic heterocycles. The molecule has 0 bridgehead atoms. The first-order chi connectivity index (χ1) is 12.6. The van der Waals surface area contributed by atoms with E-state index in [4.69, 9.17) is 4.42 Å². The minimum absolute atomic E-state index is 0.00713. The number of carbonyl (C=O) groups excluding carboxylic acids is 1. The number of aromatic nitrogens is 1. The van der Waals surface area contributed by atoms with Crippen LogP contribution in [0.5, 0.6) is 0 Å². The van der Waals surface area contributed by atoms with Crippen LogP contribution in [0.4, 0.5) is 10.1 Å². The standard InChI is InChI=1S/C20H12FIN2O2/c21-16-7-2-1-6-15(16)19(25)23-14-8-9-18-17(11-14)24-20(26-18)12-4-3-5-13(22)10-12/h1-11H,(H,23,25). The number of rotatable bonds is 3. The second-order valence-electron chi connectivity index (χ2n) is 5.65. The summed E-state index contributed by atoms with van der Waals surface area (Å²) in [5.41, 5.74) is 2.62. The van der Waals surface area contributed by atoms with Gasteiger partial charge < -0.3 is 9.73 Å². The van der Waals surface area contributed by atoms with E-state index in [2.05, 4.69) is 32.9 Å². The van der Waals surface area contributed by atoms with Crippen LogP contribution in [-0.2, 0) is 0 Å². The molecule has 0 aliphatic rings. The van der Waals surface area contributed by atoms with E-state index in [1.807, 2.05) is 24.3 Å². The Kier molecular flexibility index (Phi) is 4.42. The van der Waals surface area contributed by atoms with Crippen molar-refractivity contribution in [2.45, 2.75) is 0 Å². The van der Waals surface area contributed by atoms with Crippen molar-refractivity contribution >= 4 is 45.3 Å². The summed E-state index contributed by atoms with van der Waals surface area (Å²) in [5, 5.41) is 2.69. The molecule has 1 amide bonds. The summed E-state index contributed by atoms with van der Waals surface area (Å²) in [6.45, 7) is 0. The van der Waals surface area contributed by atoms with Crippen molar-refractivity contribution < 1.29 is 13.6 Å². The lowest BCUT2D eigenvalue weighted by Crippen LogP contribution is -2.13. The fourth-order valence-corrected chi connectivity index (χ4v) is 3.14. The van der Waals surface area contributed by atoms with E-state index in [0.29, 0.717) is 22.7 Å². The first-order valence-electron chi connectivity index (χ1n) is 7.82. The number of amides is 1. The smallest absolute Gasteiger partial charge is 0.258 e. The van der Waals surface area contributed by atoms with Crippen LogP contribution in [0, 0.1) is 9.39 Å². The summed E-state index contributed by atoms with van der Waals surface area (Å²) >= 11 is 2.23. The Hall–Kier alpha value is -2.74. The van der Waals surface area contributed by atoms with E-state index in [0.717, 1.165) is 9.13 Å². The molecule has 4 rings (SSSR count). The molecule has 4 nitrogen and oxygen atoms in total. The zero-order valence-electron chi connectivity index (χ0n) is 13.4. The fourth-order valence-electron chi connectivity index (χ4n) is 2.59. The fraction of sp³-hybridized carbons (Fsp3) is 0. The molecule has 128 valence electrons. The predicted molar refractivity (Wildman–Crippen MR) is 107 cm³/mol. The average Bonchev–Trinajstić information content (AvgIpc) is 3.05. The van der Waals surface area contributed by atoms with Gasteiger partial charge in [-0.3, -0.25) is 4.79 Å². The summed E-state index contributed by atoms with van der Waals surface area (Å²) in [4.78, 5) is 16.7. The Morgan fingerprint density at radius 1 is 1.04 bits per heavy atom. The molecule has 0 radical (unpaired) electrons. The third-order valence-electron chi connectivity index (χ3n) is 3.84. The Morgan fingerprint density at radius 2 is 1.88 bits per heavy atom. The molecule has 0 spiro atoms. The molecule has 26 heavy (non-hydrogen) atoms. The lowest BCUT2D eigenvalue weighted by Gasteiger charge is -2.05. The van der Waals surface area contributed by atoms with Crippen molar-refractivity contribution in [2.75, 3.05) is 5.32 Å². The SMILES string of the molecule is O=C(Nc1ccc2oc(-c3cccc(I)c3)nc2c1)c1ccccc1F. The van der Waals surface area contributed by atoms with Crippen LogP contribution in [0.3, 0.4) is 0 Å². The van der Waals surface area contributed by atoms with Gasteiger partial charge in [-0.25, -0.2) is 9.37 Å². The molecule has 1 aromatic heterocycles. The van der Waals surface area contributed by atoms with Gasteiger partial charge in [-0.05, 0) is 71.1 Å². The van der Waals surface area contributed by atoms with E-state index in [9.17, 15) is 9.18 Å². The number of fused-ring (bicyclic) bond motifs is 1. The van der Waals surface area contributed by atoms with E-state index in [1.165, 1.54) is 12.1 Å². The molecule has 4 aromatic rings. The number of benzene rings is 3. The van der Waals surface area contributed by atoms with Gasteiger partial charge in [0.25, 0.3) is 5.91 Å². The van der Waals surface area contributed by atoms with Gasteiger partial charge in [0.1, 0.15) is 11.3 Å². The molecule has 3 aromatic carbocycles. The summed E-state index contributed by atoms with van der Waals surface area (Å²) in [5.74, 6) is -0.562. The normalized spacial score (nSPS) is 10.8. The number of anilines is 1. The van der Waals surface area contributed by atoms with Gasteiger partial charge >= 0.3 is 0 Å². The predicted octanol–water partition coefficient (Wildman–Crippen LogP) is 5.49. The summed E-state index contributed by atoms with van der Waals surface area (Å²) in [7, 11) is 0. The Labute approximate surface area is 162 Å². The molecule has 0 aliphatic carbocycles. The lowest BCUT2D eigenvalue weighted by atomic mass is 10.2. The number of nitrogens with zero attached hydrogens (tertiary/aromatic N) is 1. The number of hydrogen-bond acceptors (Lipinski definition) is 3. The Balaban J connectivity index is 1.64. The number of carbonyl (C=O) groups is 1. The molecule has 0 unspecified atom stereocenters. The molecule has 0 fully saturated rings. The van der Waals surface area contributed by atoms with Gasteiger partial charge in [0, 0.05) is 14.8 Å². The first kappa shape index (κ1) is 16.7. The first-order valence-corrected chi connectivity index (χ1v) is 8.90. The Morgan fingerprint density at radius 3 is 2.69 bits per heavy atom. The number of oxazole rings is 1. The highest BCUT2D eigenvalue weighted by Gasteiger charge is 2.13. The topological polar surface area (TPSA) is 55.1 Å². The highest BCUT2D eigenvalue weighted by Crippen LogP contribution is 2.27. The van der Waals surface area contributed by atoms with Gasteiger partial charge in [-0.2, -0.15) is 0 Å². The molecular weight excluding hydrogens is 446 g/mol. The number of hydrogen-bond donors (Lipinski definition) is 1.